The molecule has 0 bridgehead atoms. The molecule has 12 nitrogen and oxygen atoms in total. The quantitative estimate of drug-likeness (QED) is 0.181. The minimum absolute atomic E-state index is 0.0976. The van der Waals surface area contributed by atoms with Crippen molar-refractivity contribution in [2.75, 3.05) is 26.5 Å². The molecule has 0 unspecified atom stereocenters. The van der Waals surface area contributed by atoms with Crippen LogP contribution in [0.4, 0.5) is 8.78 Å². The van der Waals surface area contributed by atoms with Crippen molar-refractivity contribution in [2.45, 2.75) is 79.7 Å². The van der Waals surface area contributed by atoms with Crippen LogP contribution in [0.1, 0.15) is 0 Å². The van der Waals surface area contributed by atoms with E-state index in [-0.39, 0.29) is 6.54 Å². The third-order valence-electron chi connectivity index (χ3n) is 5.76. The van der Waals surface area contributed by atoms with Crippen molar-refractivity contribution in [3.05, 3.63) is 0 Å². The molecule has 31 heavy (non-hydrogen) atoms. The van der Waals surface area contributed by atoms with Crippen molar-refractivity contribution in [2.24, 2.45) is 0 Å². The van der Waals surface area contributed by atoms with Crippen molar-refractivity contribution < 1.29 is 63.5 Å². The lowest BCUT2D eigenvalue weighted by molar-refractivity contribution is -0.362. The first-order chi connectivity index (χ1) is 14.7. The second-order valence-electron chi connectivity index (χ2n) is 7.81. The summed E-state index contributed by atoms with van der Waals surface area (Å²) in [6, 6.07) is -0.683. The number of aliphatic hydroxyl groups excluding tert-OH is 7. The maximum atomic E-state index is 13.7. The summed E-state index contributed by atoms with van der Waals surface area (Å²) in [7, 11) is 0. The number of nitrogens with one attached hydrogen (secondary N) is 1. The number of rotatable bonds is 7. The Kier molecular flexibility index (Phi) is 8.50. The monoisotopic (exact) mass is 461 g/mol. The maximum Gasteiger partial charge on any atom is 0.187 e. The second-order valence-corrected chi connectivity index (χ2v) is 7.81. The van der Waals surface area contributed by atoms with Crippen LogP contribution in [0.25, 0.3) is 0 Å². The summed E-state index contributed by atoms with van der Waals surface area (Å²) >= 11 is 0. The molecule has 3 aliphatic heterocycles. The Bertz CT molecular complexity index is 576. The van der Waals surface area contributed by atoms with E-state index in [0.29, 0.717) is 0 Å². The van der Waals surface area contributed by atoms with Gasteiger partial charge in [0.1, 0.15) is 68.3 Å². The molecule has 0 radical (unpaired) electrons. The molecule has 3 saturated heterocycles. The molecular formula is C17H29F2NO11. The molecule has 14 heteroatoms. The molecule has 3 fully saturated rings. The number of alkyl halides is 2. The Morgan fingerprint density at radius 2 is 1.29 bits per heavy atom. The van der Waals surface area contributed by atoms with E-state index >= 15 is 0 Å². The van der Waals surface area contributed by atoms with Gasteiger partial charge in [-0.25, -0.2) is 8.78 Å². The number of halogens is 2. The highest BCUT2D eigenvalue weighted by molar-refractivity contribution is 4.96. The lowest BCUT2D eigenvalue weighted by Crippen LogP contribution is -2.65. The third-order valence-corrected chi connectivity index (χ3v) is 5.76. The van der Waals surface area contributed by atoms with E-state index in [4.69, 9.17) is 18.9 Å². The van der Waals surface area contributed by atoms with Crippen LogP contribution in [-0.4, -0.2) is 142 Å². The summed E-state index contributed by atoms with van der Waals surface area (Å²) in [5.74, 6) is 0. The van der Waals surface area contributed by atoms with Crippen LogP contribution < -0.4 is 5.32 Å². The summed E-state index contributed by atoms with van der Waals surface area (Å²) in [5.41, 5.74) is 0. The number of hydrogen-bond acceptors (Lipinski definition) is 12. The summed E-state index contributed by atoms with van der Waals surface area (Å²) < 4.78 is 47.9. The number of hydrogen-bond donors (Lipinski definition) is 8. The average Bonchev–Trinajstić information content (AvgIpc) is 3.12. The number of ether oxygens (including phenoxy) is 4. The second kappa shape index (κ2) is 10.5. The van der Waals surface area contributed by atoms with E-state index in [9.17, 15) is 44.5 Å². The first kappa shape index (κ1) is 25.0. The van der Waals surface area contributed by atoms with Gasteiger partial charge >= 0.3 is 0 Å². The maximum absolute atomic E-state index is 13.7. The molecule has 3 rings (SSSR count). The highest BCUT2D eigenvalue weighted by Crippen LogP contribution is 2.31. The first-order valence-corrected chi connectivity index (χ1v) is 9.89. The molecule has 0 aliphatic carbocycles. The van der Waals surface area contributed by atoms with E-state index in [1.54, 1.807) is 0 Å². The Balaban J connectivity index is 1.69. The molecule has 182 valence electrons. The smallest absolute Gasteiger partial charge is 0.187 e. The van der Waals surface area contributed by atoms with Crippen molar-refractivity contribution in [1.29, 1.82) is 0 Å². The van der Waals surface area contributed by atoms with Crippen molar-refractivity contribution in [3.63, 3.8) is 0 Å². The van der Waals surface area contributed by atoms with E-state index in [0.717, 1.165) is 0 Å². The van der Waals surface area contributed by atoms with Gasteiger partial charge in [-0.05, 0) is 0 Å². The van der Waals surface area contributed by atoms with E-state index in [1.165, 1.54) is 0 Å². The predicted octanol–water partition coefficient (Wildman–Crippen LogP) is -4.72. The van der Waals surface area contributed by atoms with Gasteiger partial charge in [0, 0.05) is 6.54 Å². The molecule has 0 aromatic rings. The van der Waals surface area contributed by atoms with Crippen LogP contribution in [0, 0.1) is 0 Å². The lowest BCUT2D eigenvalue weighted by atomic mass is 9.97. The summed E-state index contributed by atoms with van der Waals surface area (Å²) in [4.78, 5) is 0. The van der Waals surface area contributed by atoms with Gasteiger partial charge in [0.05, 0.1) is 18.8 Å². The average molecular weight is 461 g/mol. The molecule has 0 saturated carbocycles. The fourth-order valence-electron chi connectivity index (χ4n) is 3.90. The molecule has 0 aromatic heterocycles. The largest absolute Gasteiger partial charge is 0.395 e. The molecular weight excluding hydrogens is 432 g/mol. The van der Waals surface area contributed by atoms with Crippen LogP contribution in [0.3, 0.4) is 0 Å². The third kappa shape index (κ3) is 5.00. The van der Waals surface area contributed by atoms with E-state index in [2.05, 4.69) is 5.32 Å². The highest BCUT2D eigenvalue weighted by atomic mass is 19.1. The molecule has 0 spiro atoms. The van der Waals surface area contributed by atoms with Gasteiger partial charge < -0.3 is 60.0 Å². The van der Waals surface area contributed by atoms with Gasteiger partial charge in [0.25, 0.3) is 0 Å². The van der Waals surface area contributed by atoms with Crippen LogP contribution in [0.5, 0.6) is 0 Å². The number of β-amino-alcohol motifs (C(OH)–C–C–N with tert-alkyl or cyclic N) is 1. The Morgan fingerprint density at radius 1 is 0.742 bits per heavy atom. The minimum atomic E-state index is -1.86. The van der Waals surface area contributed by atoms with Crippen LogP contribution in [-0.2, 0) is 18.9 Å². The number of aliphatic hydroxyl groups is 7. The predicted molar refractivity (Wildman–Crippen MR) is 93.9 cm³/mol. The molecule has 0 aromatic carbocycles. The first-order valence-electron chi connectivity index (χ1n) is 9.89. The minimum Gasteiger partial charge on any atom is -0.395 e. The SMILES string of the molecule is OC[C@H]1NC[C@@H](O)[C@@H]1O[C@H]1O[C@H](CF)[C@@H](O[C@@H]2O[C@H](CF)[C@@H](O)[C@H](O)[C@H]2O)[C@H](O)[C@H]1O. The van der Waals surface area contributed by atoms with Gasteiger partial charge in [-0.3, -0.25) is 0 Å². The van der Waals surface area contributed by atoms with E-state index in [1.807, 2.05) is 0 Å². The fourth-order valence-corrected chi connectivity index (χ4v) is 3.90. The summed E-state index contributed by atoms with van der Waals surface area (Å²) in [5, 5.41) is 72.6. The van der Waals surface area contributed by atoms with Gasteiger partial charge in [-0.15, -0.1) is 0 Å². The molecule has 0 amide bonds. The molecule has 13 atom stereocenters. The standard InChI is InChI=1S/C17H29F2NO11/c18-1-7-9(23)10(24)12(26)16(28-7)31-15-8(2-19)29-17(13(27)11(15)25)30-14-5(4-21)20-3-6(14)22/h5-17,20-27H,1-4H2/t5-,6-,7-,8-,9-,10+,11-,12-,13-,14-,15-,16+,17-/m1/s1. The van der Waals surface area contributed by atoms with E-state index < -0.39 is 99.6 Å². The van der Waals surface area contributed by atoms with Crippen molar-refractivity contribution >= 4 is 0 Å². The van der Waals surface area contributed by atoms with Crippen LogP contribution in [0.2, 0.25) is 0 Å². The Hall–Kier alpha value is -0.620. The Morgan fingerprint density at radius 3 is 1.87 bits per heavy atom. The van der Waals surface area contributed by atoms with Crippen LogP contribution >= 0.6 is 0 Å². The molecule has 3 heterocycles. The van der Waals surface area contributed by atoms with Crippen LogP contribution in [0.15, 0.2) is 0 Å². The topological polar surface area (TPSA) is 191 Å². The van der Waals surface area contributed by atoms with Crippen molar-refractivity contribution in [1.82, 2.24) is 5.32 Å². The van der Waals surface area contributed by atoms with Gasteiger partial charge in [0.2, 0.25) is 0 Å². The lowest BCUT2D eigenvalue weighted by Gasteiger charge is -2.46. The van der Waals surface area contributed by atoms with Gasteiger partial charge in [0.15, 0.2) is 12.6 Å². The van der Waals surface area contributed by atoms with Gasteiger partial charge in [-0.2, -0.15) is 0 Å². The highest BCUT2D eigenvalue weighted by Gasteiger charge is 2.52. The molecule has 8 N–H and O–H groups in total. The van der Waals surface area contributed by atoms with Crippen molar-refractivity contribution in [3.8, 4) is 0 Å². The summed E-state index contributed by atoms with van der Waals surface area (Å²) in [6.07, 6.45) is -19.2. The Labute approximate surface area is 175 Å². The zero-order valence-electron chi connectivity index (χ0n) is 16.4. The normalized spacial score (nSPS) is 51.2. The summed E-state index contributed by atoms with van der Waals surface area (Å²) in [6.45, 7) is -2.75. The zero-order valence-corrected chi connectivity index (χ0v) is 16.4. The fraction of sp³-hybridized carbons (Fsp3) is 1.00. The molecule has 3 aliphatic rings. The van der Waals surface area contributed by atoms with Gasteiger partial charge in [-0.1, -0.05) is 0 Å². The zero-order chi connectivity index (χ0) is 22.9.